The maximum atomic E-state index is 12.2. The predicted molar refractivity (Wildman–Crippen MR) is 122 cm³/mol. The van der Waals surface area contributed by atoms with Crippen molar-refractivity contribution in [3.8, 4) is 0 Å². The third-order valence-electron chi connectivity index (χ3n) is 4.31. The van der Waals surface area contributed by atoms with Gasteiger partial charge in [-0.15, -0.1) is 0 Å². The standard InChI is InChI=1S/C22H18Cl2N2O7/c1-2-31-22(30)26-14-4-6-15-12(7-19(27)33-18(15)9-14)11-32-20(28)10-25-21(29)16-5-3-13(23)8-17(16)24/h3-9H,2,10-11H2,1H3,(H,25,29)(H,26,30). The third kappa shape index (κ3) is 6.47. The summed E-state index contributed by atoms with van der Waals surface area (Å²) in [6.45, 7) is 1.23. The van der Waals surface area contributed by atoms with Gasteiger partial charge in [-0.1, -0.05) is 23.2 Å². The molecular weight excluding hydrogens is 475 g/mol. The van der Waals surface area contributed by atoms with Gasteiger partial charge in [-0.2, -0.15) is 0 Å². The molecule has 33 heavy (non-hydrogen) atoms. The average Bonchev–Trinajstić information content (AvgIpc) is 2.75. The molecule has 0 aliphatic carbocycles. The number of amides is 2. The lowest BCUT2D eigenvalue weighted by molar-refractivity contribution is -0.143. The maximum absolute atomic E-state index is 12.2. The lowest BCUT2D eigenvalue weighted by atomic mass is 10.1. The number of esters is 1. The van der Waals surface area contributed by atoms with E-state index in [9.17, 15) is 19.2 Å². The van der Waals surface area contributed by atoms with Crippen LogP contribution in [0.3, 0.4) is 0 Å². The molecule has 3 aromatic rings. The van der Waals surface area contributed by atoms with Crippen LogP contribution >= 0.6 is 23.2 Å². The van der Waals surface area contributed by atoms with Gasteiger partial charge in [0.05, 0.1) is 17.2 Å². The number of carbonyl (C=O) groups excluding carboxylic acids is 3. The highest BCUT2D eigenvalue weighted by Gasteiger charge is 2.14. The molecule has 172 valence electrons. The minimum absolute atomic E-state index is 0.146. The molecule has 9 nitrogen and oxygen atoms in total. The summed E-state index contributed by atoms with van der Waals surface area (Å²) in [7, 11) is 0. The molecular formula is C22H18Cl2N2O7. The van der Waals surface area contributed by atoms with Gasteiger partial charge in [-0.25, -0.2) is 9.59 Å². The monoisotopic (exact) mass is 492 g/mol. The zero-order chi connectivity index (χ0) is 24.0. The Kier molecular flexibility index (Phi) is 7.92. The number of benzene rings is 2. The number of ether oxygens (including phenoxy) is 2. The van der Waals surface area contributed by atoms with E-state index < -0.39 is 30.1 Å². The molecule has 2 aromatic carbocycles. The summed E-state index contributed by atoms with van der Waals surface area (Å²) < 4.78 is 15.2. The van der Waals surface area contributed by atoms with Gasteiger partial charge in [0.2, 0.25) is 0 Å². The maximum Gasteiger partial charge on any atom is 0.411 e. The molecule has 0 aliphatic rings. The summed E-state index contributed by atoms with van der Waals surface area (Å²) in [6, 6.07) is 10.2. The smallest absolute Gasteiger partial charge is 0.411 e. The second-order valence-corrected chi connectivity index (χ2v) is 7.46. The molecule has 1 aromatic heterocycles. The molecule has 0 fully saturated rings. The van der Waals surface area contributed by atoms with Crippen molar-refractivity contribution in [2.24, 2.45) is 0 Å². The molecule has 2 amide bonds. The van der Waals surface area contributed by atoms with Crippen LogP contribution in [0.1, 0.15) is 22.8 Å². The topological polar surface area (TPSA) is 124 Å². The fraction of sp³-hybridized carbons (Fsp3) is 0.182. The molecule has 1 heterocycles. The molecule has 0 atom stereocenters. The van der Waals surface area contributed by atoms with E-state index in [0.717, 1.165) is 0 Å². The summed E-state index contributed by atoms with van der Waals surface area (Å²) >= 11 is 11.8. The molecule has 3 rings (SSSR count). The normalized spacial score (nSPS) is 10.5. The third-order valence-corrected chi connectivity index (χ3v) is 4.86. The first-order valence-corrected chi connectivity index (χ1v) is 10.4. The molecule has 0 saturated heterocycles. The minimum atomic E-state index is -0.726. The van der Waals surface area contributed by atoms with Crippen LogP contribution in [0.4, 0.5) is 10.5 Å². The number of anilines is 1. The van der Waals surface area contributed by atoms with Gasteiger partial charge < -0.3 is 19.2 Å². The molecule has 0 bridgehead atoms. The summed E-state index contributed by atoms with van der Waals surface area (Å²) in [5.41, 5.74) is 0.444. The van der Waals surface area contributed by atoms with E-state index >= 15 is 0 Å². The Morgan fingerprint density at radius 3 is 2.55 bits per heavy atom. The SMILES string of the molecule is CCOC(=O)Nc1ccc2c(COC(=O)CNC(=O)c3ccc(Cl)cc3Cl)cc(=O)oc2c1. The van der Waals surface area contributed by atoms with E-state index in [1.807, 2.05) is 0 Å². The number of rotatable bonds is 7. The second-order valence-electron chi connectivity index (χ2n) is 6.61. The average molecular weight is 493 g/mol. The molecule has 0 spiro atoms. The number of fused-ring (bicyclic) bond motifs is 1. The predicted octanol–water partition coefficient (Wildman–Crippen LogP) is 4.14. The van der Waals surface area contributed by atoms with Crippen LogP contribution in [0.2, 0.25) is 10.0 Å². The van der Waals surface area contributed by atoms with Crippen LogP contribution in [0.25, 0.3) is 11.0 Å². The lowest BCUT2D eigenvalue weighted by Crippen LogP contribution is -2.30. The van der Waals surface area contributed by atoms with Crippen LogP contribution in [-0.4, -0.2) is 31.1 Å². The van der Waals surface area contributed by atoms with E-state index in [2.05, 4.69) is 10.6 Å². The lowest BCUT2D eigenvalue weighted by Gasteiger charge is -2.10. The Balaban J connectivity index is 1.64. The van der Waals surface area contributed by atoms with Crippen molar-refractivity contribution in [1.82, 2.24) is 5.32 Å². The first-order valence-electron chi connectivity index (χ1n) is 9.66. The van der Waals surface area contributed by atoms with Gasteiger partial charge in [0.1, 0.15) is 18.7 Å². The molecule has 0 unspecified atom stereocenters. The second kappa shape index (κ2) is 10.8. The number of nitrogens with one attached hydrogen (secondary N) is 2. The van der Waals surface area contributed by atoms with Gasteiger partial charge in [0, 0.05) is 33.8 Å². The quantitative estimate of drug-likeness (QED) is 0.375. The van der Waals surface area contributed by atoms with E-state index in [-0.39, 0.29) is 29.4 Å². The van der Waals surface area contributed by atoms with Crippen molar-refractivity contribution >= 4 is 57.8 Å². The van der Waals surface area contributed by atoms with Crippen molar-refractivity contribution in [1.29, 1.82) is 0 Å². The van der Waals surface area contributed by atoms with Crippen molar-refractivity contribution < 1.29 is 28.3 Å². The van der Waals surface area contributed by atoms with E-state index in [1.165, 1.54) is 30.3 Å². The molecule has 2 N–H and O–H groups in total. The van der Waals surface area contributed by atoms with Crippen molar-refractivity contribution in [2.75, 3.05) is 18.5 Å². The Labute approximate surface area is 197 Å². The number of hydrogen-bond acceptors (Lipinski definition) is 7. The highest BCUT2D eigenvalue weighted by atomic mass is 35.5. The molecule has 0 saturated carbocycles. The highest BCUT2D eigenvalue weighted by Crippen LogP contribution is 2.23. The van der Waals surface area contributed by atoms with E-state index in [1.54, 1.807) is 19.1 Å². The number of halogens is 2. The molecule has 0 radical (unpaired) electrons. The summed E-state index contributed by atoms with van der Waals surface area (Å²) in [6.07, 6.45) is -0.647. The summed E-state index contributed by atoms with van der Waals surface area (Å²) in [5, 5.41) is 5.94. The van der Waals surface area contributed by atoms with Crippen LogP contribution in [0, 0.1) is 0 Å². The zero-order valence-electron chi connectivity index (χ0n) is 17.3. The largest absolute Gasteiger partial charge is 0.459 e. The first-order chi connectivity index (χ1) is 15.8. The van der Waals surface area contributed by atoms with Crippen molar-refractivity contribution in [2.45, 2.75) is 13.5 Å². The Morgan fingerprint density at radius 1 is 1.03 bits per heavy atom. The number of carbonyl (C=O) groups is 3. The Bertz CT molecular complexity index is 1270. The molecule has 0 aliphatic heterocycles. The van der Waals surface area contributed by atoms with E-state index in [4.69, 9.17) is 37.1 Å². The summed E-state index contributed by atoms with van der Waals surface area (Å²) in [4.78, 5) is 47.8. The van der Waals surface area contributed by atoms with Gasteiger partial charge in [0.15, 0.2) is 0 Å². The van der Waals surface area contributed by atoms with Gasteiger partial charge in [-0.3, -0.25) is 14.9 Å². The Morgan fingerprint density at radius 2 is 1.82 bits per heavy atom. The van der Waals surface area contributed by atoms with Crippen LogP contribution < -0.4 is 16.3 Å². The van der Waals surface area contributed by atoms with Crippen molar-refractivity contribution in [3.63, 3.8) is 0 Å². The minimum Gasteiger partial charge on any atom is -0.459 e. The van der Waals surface area contributed by atoms with Crippen molar-refractivity contribution in [3.05, 3.63) is 74.1 Å². The van der Waals surface area contributed by atoms with Gasteiger partial charge in [-0.05, 0) is 37.3 Å². The summed E-state index contributed by atoms with van der Waals surface area (Å²) in [5.74, 6) is -1.29. The first kappa shape index (κ1) is 24.1. The van der Waals surface area contributed by atoms with Gasteiger partial charge >= 0.3 is 17.7 Å². The van der Waals surface area contributed by atoms with Crippen LogP contribution in [-0.2, 0) is 20.9 Å². The zero-order valence-corrected chi connectivity index (χ0v) is 18.8. The highest BCUT2D eigenvalue weighted by molar-refractivity contribution is 6.36. The van der Waals surface area contributed by atoms with Crippen LogP contribution in [0.5, 0.6) is 0 Å². The van der Waals surface area contributed by atoms with Crippen LogP contribution in [0.15, 0.2) is 51.7 Å². The van der Waals surface area contributed by atoms with Gasteiger partial charge in [0.25, 0.3) is 5.91 Å². The fourth-order valence-electron chi connectivity index (χ4n) is 2.84. The molecule has 11 heteroatoms. The number of hydrogen-bond donors (Lipinski definition) is 2. The fourth-order valence-corrected chi connectivity index (χ4v) is 3.34. The Hall–Kier alpha value is -3.56. The van der Waals surface area contributed by atoms with E-state index in [0.29, 0.717) is 21.7 Å².